The quantitative estimate of drug-likeness (QED) is 0.783. The zero-order valence-corrected chi connectivity index (χ0v) is 11.3. The molecule has 4 heteroatoms. The Bertz CT molecular complexity index is 223. The smallest absolute Gasteiger partial charge is 0.236 e. The molecule has 0 aromatic rings. The molecule has 0 aromatic heterocycles. The Morgan fingerprint density at radius 3 is 2.29 bits per heavy atom. The Hall–Kier alpha value is -0.610. The van der Waals surface area contributed by atoms with Gasteiger partial charge in [-0.3, -0.25) is 9.69 Å². The molecule has 1 amide bonds. The maximum Gasteiger partial charge on any atom is 0.236 e. The normalized spacial score (nSPS) is 17.6. The van der Waals surface area contributed by atoms with Crippen LogP contribution in [0.4, 0.5) is 0 Å². The average molecular weight is 241 g/mol. The van der Waals surface area contributed by atoms with Crippen molar-refractivity contribution in [1.29, 1.82) is 0 Å². The Balaban J connectivity index is 2.44. The minimum absolute atomic E-state index is 0.272. The van der Waals surface area contributed by atoms with Crippen LogP contribution in [0.25, 0.3) is 0 Å². The van der Waals surface area contributed by atoms with Crippen LogP contribution in [0.3, 0.4) is 0 Å². The Labute approximate surface area is 105 Å². The van der Waals surface area contributed by atoms with Gasteiger partial charge in [-0.1, -0.05) is 12.8 Å². The van der Waals surface area contributed by atoms with Crippen molar-refractivity contribution in [3.8, 4) is 0 Å². The van der Waals surface area contributed by atoms with E-state index in [4.69, 9.17) is 5.73 Å². The lowest BCUT2D eigenvalue weighted by Crippen LogP contribution is -2.45. The molecule has 0 spiro atoms. The van der Waals surface area contributed by atoms with E-state index in [1.54, 1.807) is 0 Å². The van der Waals surface area contributed by atoms with E-state index in [1.165, 1.54) is 12.8 Å². The molecule has 1 saturated heterocycles. The van der Waals surface area contributed by atoms with Crippen LogP contribution in [-0.2, 0) is 4.79 Å². The summed E-state index contributed by atoms with van der Waals surface area (Å²) in [5.41, 5.74) is 5.58. The summed E-state index contributed by atoms with van der Waals surface area (Å²) < 4.78 is 0. The predicted octanol–water partition coefficient (Wildman–Crippen LogP) is 1.06. The van der Waals surface area contributed by atoms with E-state index < -0.39 is 0 Å². The number of carbonyl (C=O) groups is 1. The van der Waals surface area contributed by atoms with Crippen molar-refractivity contribution < 1.29 is 4.79 Å². The molecule has 0 saturated carbocycles. The van der Waals surface area contributed by atoms with Crippen LogP contribution in [0.1, 0.15) is 39.5 Å². The SMILES string of the molecule is CC(C)N(CCN)CC(=O)N1CCCCCC1. The van der Waals surface area contributed by atoms with Crippen molar-refractivity contribution in [2.75, 3.05) is 32.7 Å². The molecule has 0 bridgehead atoms. The number of hydrogen-bond acceptors (Lipinski definition) is 3. The molecule has 0 aliphatic carbocycles. The van der Waals surface area contributed by atoms with Crippen molar-refractivity contribution in [2.24, 2.45) is 5.73 Å². The van der Waals surface area contributed by atoms with Gasteiger partial charge < -0.3 is 10.6 Å². The summed E-state index contributed by atoms with van der Waals surface area (Å²) >= 11 is 0. The Morgan fingerprint density at radius 1 is 1.24 bits per heavy atom. The second kappa shape index (κ2) is 7.67. The summed E-state index contributed by atoms with van der Waals surface area (Å²) in [5, 5.41) is 0. The fourth-order valence-corrected chi connectivity index (χ4v) is 2.28. The van der Waals surface area contributed by atoms with Crippen molar-refractivity contribution in [3.63, 3.8) is 0 Å². The molecule has 1 aliphatic heterocycles. The molecule has 1 fully saturated rings. The van der Waals surface area contributed by atoms with Gasteiger partial charge in [0.1, 0.15) is 0 Å². The third-order valence-electron chi connectivity index (χ3n) is 3.44. The highest BCUT2D eigenvalue weighted by Gasteiger charge is 2.19. The summed E-state index contributed by atoms with van der Waals surface area (Å²) in [5.74, 6) is 0.272. The first-order valence-corrected chi connectivity index (χ1v) is 6.87. The molecule has 1 rings (SSSR count). The molecule has 0 radical (unpaired) electrons. The highest BCUT2D eigenvalue weighted by atomic mass is 16.2. The van der Waals surface area contributed by atoms with Gasteiger partial charge in [0.2, 0.25) is 5.91 Å². The first kappa shape index (κ1) is 14.5. The lowest BCUT2D eigenvalue weighted by Gasteiger charge is -2.28. The molecular weight excluding hydrogens is 214 g/mol. The zero-order valence-electron chi connectivity index (χ0n) is 11.3. The summed E-state index contributed by atoms with van der Waals surface area (Å²) in [4.78, 5) is 16.4. The summed E-state index contributed by atoms with van der Waals surface area (Å²) in [6, 6.07) is 0.384. The van der Waals surface area contributed by atoms with Gasteiger partial charge in [-0.2, -0.15) is 0 Å². The number of likely N-dealkylation sites (tertiary alicyclic amines) is 1. The number of nitrogens with zero attached hydrogens (tertiary/aromatic N) is 2. The largest absolute Gasteiger partial charge is 0.342 e. The zero-order chi connectivity index (χ0) is 12.7. The van der Waals surface area contributed by atoms with Crippen LogP contribution < -0.4 is 5.73 Å². The maximum atomic E-state index is 12.2. The van der Waals surface area contributed by atoms with Crippen LogP contribution in [0.5, 0.6) is 0 Å². The number of rotatable bonds is 5. The first-order chi connectivity index (χ1) is 8.15. The van der Waals surface area contributed by atoms with Crippen LogP contribution in [0.2, 0.25) is 0 Å². The van der Waals surface area contributed by atoms with Gasteiger partial charge in [-0.05, 0) is 26.7 Å². The molecule has 100 valence electrons. The van der Waals surface area contributed by atoms with E-state index in [0.29, 0.717) is 19.1 Å². The summed E-state index contributed by atoms with van der Waals surface area (Å²) in [7, 11) is 0. The van der Waals surface area contributed by atoms with Gasteiger partial charge in [0.15, 0.2) is 0 Å². The Morgan fingerprint density at radius 2 is 1.82 bits per heavy atom. The van der Waals surface area contributed by atoms with Gasteiger partial charge in [0.25, 0.3) is 0 Å². The van der Waals surface area contributed by atoms with E-state index in [0.717, 1.165) is 32.5 Å². The van der Waals surface area contributed by atoms with Crippen LogP contribution in [-0.4, -0.2) is 54.5 Å². The first-order valence-electron chi connectivity index (χ1n) is 6.87. The number of nitrogens with two attached hydrogens (primary N) is 1. The standard InChI is InChI=1S/C13H27N3O/c1-12(2)16(10-7-14)11-13(17)15-8-5-3-4-6-9-15/h12H,3-11,14H2,1-2H3. The molecule has 1 aliphatic rings. The van der Waals surface area contributed by atoms with Crippen LogP contribution >= 0.6 is 0 Å². The molecule has 1 heterocycles. The predicted molar refractivity (Wildman–Crippen MR) is 70.8 cm³/mol. The lowest BCUT2D eigenvalue weighted by molar-refractivity contribution is -0.132. The molecule has 4 nitrogen and oxygen atoms in total. The van der Waals surface area contributed by atoms with Gasteiger partial charge in [-0.25, -0.2) is 0 Å². The third-order valence-corrected chi connectivity index (χ3v) is 3.44. The maximum absolute atomic E-state index is 12.2. The second-order valence-corrected chi connectivity index (χ2v) is 5.15. The summed E-state index contributed by atoms with van der Waals surface area (Å²) in [6.07, 6.45) is 4.84. The van der Waals surface area contributed by atoms with E-state index in [-0.39, 0.29) is 5.91 Å². The van der Waals surface area contributed by atoms with Crippen molar-refractivity contribution in [3.05, 3.63) is 0 Å². The molecule has 0 aromatic carbocycles. The lowest BCUT2D eigenvalue weighted by atomic mass is 10.2. The second-order valence-electron chi connectivity index (χ2n) is 5.15. The number of hydrogen-bond donors (Lipinski definition) is 1. The Kier molecular flexibility index (Phi) is 6.52. The number of carbonyl (C=O) groups excluding carboxylic acids is 1. The fraction of sp³-hybridized carbons (Fsp3) is 0.923. The van der Waals surface area contributed by atoms with E-state index in [2.05, 4.69) is 18.7 Å². The third kappa shape index (κ3) is 5.04. The molecule has 2 N–H and O–H groups in total. The van der Waals surface area contributed by atoms with Crippen LogP contribution in [0, 0.1) is 0 Å². The van der Waals surface area contributed by atoms with Gasteiger partial charge in [0.05, 0.1) is 6.54 Å². The molecule has 17 heavy (non-hydrogen) atoms. The highest BCUT2D eigenvalue weighted by molar-refractivity contribution is 5.78. The number of amides is 1. The minimum atomic E-state index is 0.272. The fourth-order valence-electron chi connectivity index (χ4n) is 2.28. The molecule has 0 unspecified atom stereocenters. The minimum Gasteiger partial charge on any atom is -0.342 e. The topological polar surface area (TPSA) is 49.6 Å². The van der Waals surface area contributed by atoms with E-state index in [9.17, 15) is 4.79 Å². The summed E-state index contributed by atoms with van der Waals surface area (Å²) in [6.45, 7) is 8.05. The van der Waals surface area contributed by atoms with Crippen molar-refractivity contribution in [1.82, 2.24) is 9.80 Å². The van der Waals surface area contributed by atoms with Gasteiger partial charge in [0, 0.05) is 32.2 Å². The highest BCUT2D eigenvalue weighted by Crippen LogP contribution is 2.10. The monoisotopic (exact) mass is 241 g/mol. The average Bonchev–Trinajstić information content (AvgIpc) is 2.56. The van der Waals surface area contributed by atoms with Gasteiger partial charge >= 0.3 is 0 Å². The van der Waals surface area contributed by atoms with Crippen molar-refractivity contribution in [2.45, 2.75) is 45.6 Å². The van der Waals surface area contributed by atoms with Crippen molar-refractivity contribution >= 4 is 5.91 Å². The van der Waals surface area contributed by atoms with E-state index >= 15 is 0 Å². The van der Waals surface area contributed by atoms with Crippen LogP contribution in [0.15, 0.2) is 0 Å². The molecule has 0 atom stereocenters. The molecular formula is C13H27N3O. The van der Waals surface area contributed by atoms with E-state index in [1.807, 2.05) is 4.90 Å². The van der Waals surface area contributed by atoms with Gasteiger partial charge in [-0.15, -0.1) is 0 Å².